The molecule has 0 aliphatic carbocycles. The summed E-state index contributed by atoms with van der Waals surface area (Å²) in [5.41, 5.74) is 4.32. The Bertz CT molecular complexity index is 478. The molecule has 0 aromatic carbocycles. The van der Waals surface area contributed by atoms with E-state index in [1.54, 1.807) is 13.8 Å². The van der Waals surface area contributed by atoms with Crippen LogP contribution in [-0.2, 0) is 0 Å². The molecule has 1 atom stereocenters. The molecule has 0 bridgehead atoms. The van der Waals surface area contributed by atoms with Gasteiger partial charge in [-0.1, -0.05) is 12.1 Å². The zero-order valence-corrected chi connectivity index (χ0v) is 10.1. The van der Waals surface area contributed by atoms with Crippen molar-refractivity contribution in [2.24, 2.45) is 10.9 Å². The molecule has 0 fully saturated rings. The molecule has 0 saturated heterocycles. The molecule has 1 amide bonds. The molecule has 1 unspecified atom stereocenters. The Hall–Kier alpha value is -2.18. The molecule has 6 nitrogen and oxygen atoms in total. The van der Waals surface area contributed by atoms with Gasteiger partial charge >= 0.3 is 0 Å². The number of oxime groups is 1. The average molecular weight is 254 g/mol. The number of amidine groups is 1. The smallest absolute Gasteiger partial charge is 0.255 e. The van der Waals surface area contributed by atoms with Crippen molar-refractivity contribution in [1.29, 1.82) is 0 Å². The lowest BCUT2D eigenvalue weighted by Gasteiger charge is -2.28. The first-order valence-electron chi connectivity index (χ1n) is 5.34. The van der Waals surface area contributed by atoms with Gasteiger partial charge in [-0.25, -0.2) is 4.39 Å². The minimum Gasteiger partial charge on any atom is -0.409 e. The second-order valence-corrected chi connectivity index (χ2v) is 3.98. The predicted octanol–water partition coefficient (Wildman–Crippen LogP) is 0.866. The van der Waals surface area contributed by atoms with E-state index in [-0.39, 0.29) is 11.4 Å². The fraction of sp³-hybridized carbons (Fsp3) is 0.364. The number of hydrogen-bond donors (Lipinski definition) is 3. The van der Waals surface area contributed by atoms with Gasteiger partial charge in [-0.15, -0.1) is 0 Å². The Morgan fingerprint density at radius 2 is 2.39 bits per heavy atom. The molecule has 1 heterocycles. The maximum absolute atomic E-state index is 13.4. The summed E-state index contributed by atoms with van der Waals surface area (Å²) in [6.45, 7) is 3.33. The van der Waals surface area contributed by atoms with Crippen molar-refractivity contribution in [3.05, 3.63) is 29.8 Å². The van der Waals surface area contributed by atoms with Crippen molar-refractivity contribution in [2.75, 3.05) is 0 Å². The highest BCUT2D eigenvalue weighted by Crippen LogP contribution is 2.12. The number of pyridine rings is 1. The first kappa shape index (κ1) is 13.9. The number of hydrogen-bond acceptors (Lipinski definition) is 4. The van der Waals surface area contributed by atoms with Crippen molar-refractivity contribution in [3.8, 4) is 0 Å². The number of nitrogens with one attached hydrogen (secondary N) is 1. The molecule has 0 aliphatic heterocycles. The van der Waals surface area contributed by atoms with Crippen molar-refractivity contribution in [1.82, 2.24) is 10.3 Å². The highest BCUT2D eigenvalue weighted by molar-refractivity contribution is 6.00. The number of carbonyl (C=O) groups is 1. The van der Waals surface area contributed by atoms with E-state index in [2.05, 4.69) is 15.5 Å². The van der Waals surface area contributed by atoms with Crippen LogP contribution in [-0.4, -0.2) is 27.5 Å². The highest BCUT2D eigenvalue weighted by Gasteiger charge is 2.30. The van der Waals surface area contributed by atoms with E-state index in [9.17, 15) is 9.18 Å². The van der Waals surface area contributed by atoms with Crippen LogP contribution in [0.2, 0.25) is 0 Å². The molecule has 0 aliphatic rings. The largest absolute Gasteiger partial charge is 0.409 e. The van der Waals surface area contributed by atoms with Crippen molar-refractivity contribution < 1.29 is 14.4 Å². The van der Waals surface area contributed by atoms with Gasteiger partial charge in [-0.3, -0.25) is 9.78 Å². The maximum Gasteiger partial charge on any atom is 0.255 e. The fourth-order valence-corrected chi connectivity index (χ4v) is 1.32. The Morgan fingerprint density at radius 1 is 1.72 bits per heavy atom. The number of amides is 1. The van der Waals surface area contributed by atoms with E-state index in [1.165, 1.54) is 12.3 Å². The molecule has 1 aromatic heterocycles. The predicted molar refractivity (Wildman–Crippen MR) is 63.8 cm³/mol. The zero-order chi connectivity index (χ0) is 13.8. The van der Waals surface area contributed by atoms with Gasteiger partial charge in [0.05, 0.1) is 17.3 Å². The summed E-state index contributed by atoms with van der Waals surface area (Å²) in [6, 6.07) is 1.26. The minimum absolute atomic E-state index is 0.143. The van der Waals surface area contributed by atoms with Gasteiger partial charge in [0.2, 0.25) is 0 Å². The van der Waals surface area contributed by atoms with E-state index >= 15 is 0 Å². The highest BCUT2D eigenvalue weighted by atomic mass is 19.1. The van der Waals surface area contributed by atoms with E-state index in [1.807, 2.05) is 0 Å². The maximum atomic E-state index is 13.4. The lowest BCUT2D eigenvalue weighted by molar-refractivity contribution is 0.0920. The molecule has 4 N–H and O–H groups in total. The molecule has 0 spiro atoms. The number of carbonyl (C=O) groups excluding carboxylic acids is 1. The van der Waals surface area contributed by atoms with Gasteiger partial charge in [0.1, 0.15) is 0 Å². The first-order valence-corrected chi connectivity index (χ1v) is 5.34. The Kier molecular flexibility index (Phi) is 4.19. The lowest BCUT2D eigenvalue weighted by Crippen LogP contribution is -2.55. The van der Waals surface area contributed by atoms with E-state index in [0.717, 1.165) is 6.20 Å². The van der Waals surface area contributed by atoms with Crippen LogP contribution in [0.3, 0.4) is 0 Å². The van der Waals surface area contributed by atoms with Gasteiger partial charge in [0.15, 0.2) is 11.7 Å². The van der Waals surface area contributed by atoms with Crippen molar-refractivity contribution >= 4 is 11.7 Å². The second kappa shape index (κ2) is 5.44. The second-order valence-electron chi connectivity index (χ2n) is 3.98. The van der Waals surface area contributed by atoms with Crippen molar-refractivity contribution in [2.45, 2.75) is 25.8 Å². The van der Waals surface area contributed by atoms with Gasteiger partial charge in [-0.05, 0) is 19.4 Å². The van der Waals surface area contributed by atoms with E-state index in [4.69, 9.17) is 10.9 Å². The van der Waals surface area contributed by atoms with Crippen LogP contribution in [0.1, 0.15) is 30.6 Å². The molecular formula is C11H15FN4O2. The molecule has 7 heteroatoms. The Morgan fingerprint density at radius 3 is 2.89 bits per heavy atom. The van der Waals surface area contributed by atoms with Crippen LogP contribution >= 0.6 is 0 Å². The average Bonchev–Trinajstić information content (AvgIpc) is 2.37. The normalized spacial score (nSPS) is 14.9. The number of rotatable bonds is 4. The van der Waals surface area contributed by atoms with Crippen LogP contribution in [0.25, 0.3) is 0 Å². The number of aromatic nitrogens is 1. The van der Waals surface area contributed by atoms with Crippen LogP contribution < -0.4 is 11.1 Å². The zero-order valence-electron chi connectivity index (χ0n) is 10.1. The fourth-order valence-electron chi connectivity index (χ4n) is 1.32. The summed E-state index contributed by atoms with van der Waals surface area (Å²) >= 11 is 0. The van der Waals surface area contributed by atoms with Crippen LogP contribution in [0.4, 0.5) is 4.39 Å². The summed E-state index contributed by atoms with van der Waals surface area (Å²) < 4.78 is 13.4. The van der Waals surface area contributed by atoms with Gasteiger partial charge in [0, 0.05) is 6.20 Å². The third-order valence-electron chi connectivity index (χ3n) is 2.79. The van der Waals surface area contributed by atoms with Gasteiger partial charge < -0.3 is 16.3 Å². The molecular weight excluding hydrogens is 239 g/mol. The quantitative estimate of drug-likeness (QED) is 0.321. The van der Waals surface area contributed by atoms with Crippen LogP contribution in [0, 0.1) is 5.82 Å². The van der Waals surface area contributed by atoms with Crippen molar-refractivity contribution in [3.63, 3.8) is 0 Å². The third-order valence-corrected chi connectivity index (χ3v) is 2.79. The third kappa shape index (κ3) is 2.73. The monoisotopic (exact) mass is 254 g/mol. The van der Waals surface area contributed by atoms with Crippen LogP contribution in [0.5, 0.6) is 0 Å². The summed E-state index contributed by atoms with van der Waals surface area (Å²) in [6.07, 6.45) is 2.65. The van der Waals surface area contributed by atoms with Gasteiger partial charge in [0.25, 0.3) is 5.91 Å². The molecule has 0 radical (unpaired) electrons. The number of nitrogens with zero attached hydrogens (tertiary/aromatic N) is 2. The molecule has 1 aromatic rings. The van der Waals surface area contributed by atoms with Gasteiger partial charge in [-0.2, -0.15) is 0 Å². The summed E-state index contributed by atoms with van der Waals surface area (Å²) in [7, 11) is 0. The standard InChI is InChI=1S/C11H15FN4O2/c1-3-11(2,10(13)16-18)15-9(17)7-4-5-14-6-8(7)12/h4-6,18H,3H2,1-2H3,(H2,13,16)(H,15,17). The summed E-state index contributed by atoms with van der Waals surface area (Å²) in [5, 5.41) is 14.1. The lowest BCUT2D eigenvalue weighted by atomic mass is 9.97. The topological polar surface area (TPSA) is 101 Å². The molecule has 18 heavy (non-hydrogen) atoms. The first-order chi connectivity index (χ1) is 8.44. The Labute approximate surface area is 104 Å². The number of halogens is 1. The van der Waals surface area contributed by atoms with E-state index in [0.29, 0.717) is 6.42 Å². The SMILES string of the molecule is CCC(C)(NC(=O)c1ccncc1F)C(N)=NO. The molecule has 0 saturated carbocycles. The Balaban J connectivity index is 2.97. The molecule has 1 rings (SSSR count). The summed E-state index contributed by atoms with van der Waals surface area (Å²) in [4.78, 5) is 15.4. The number of nitrogens with two attached hydrogens (primary N) is 1. The molecule has 98 valence electrons. The minimum atomic E-state index is -1.04. The van der Waals surface area contributed by atoms with E-state index < -0.39 is 17.3 Å². The summed E-state index contributed by atoms with van der Waals surface area (Å²) in [5.74, 6) is -1.52. The van der Waals surface area contributed by atoms with Crippen LogP contribution in [0.15, 0.2) is 23.6 Å².